The standard InChI is InChI=1S/C33H65O8P/c1-3-5-7-9-11-13-15-16-17-18-20-22-24-26-28-33(35)41-31(30-40-42(36,37)38)29-39-32(34)27-25-23-21-19-14-12-10-8-6-4-2/h31H,3-30H2,1-2H3,(H2,36,37,38)/t31-/m1/s1. The van der Waals surface area contributed by atoms with Gasteiger partial charge in [-0.3, -0.25) is 14.1 Å². The Bertz CT molecular complexity index is 666. The lowest BCUT2D eigenvalue weighted by atomic mass is 10.0. The van der Waals surface area contributed by atoms with Crippen LogP contribution in [0.1, 0.15) is 181 Å². The van der Waals surface area contributed by atoms with Crippen molar-refractivity contribution in [1.82, 2.24) is 0 Å². The Hall–Kier alpha value is -0.950. The van der Waals surface area contributed by atoms with E-state index < -0.39 is 32.5 Å². The summed E-state index contributed by atoms with van der Waals surface area (Å²) in [5.74, 6) is -0.877. The maximum atomic E-state index is 12.3. The number of phosphoric ester groups is 1. The number of carbonyl (C=O) groups excluding carboxylic acids is 2. The Morgan fingerprint density at radius 2 is 0.857 bits per heavy atom. The highest BCUT2D eigenvalue weighted by molar-refractivity contribution is 7.46. The zero-order chi connectivity index (χ0) is 31.2. The van der Waals surface area contributed by atoms with Gasteiger partial charge in [0, 0.05) is 12.8 Å². The van der Waals surface area contributed by atoms with Gasteiger partial charge in [0.25, 0.3) is 0 Å². The van der Waals surface area contributed by atoms with Crippen LogP contribution in [0.2, 0.25) is 0 Å². The molecule has 0 unspecified atom stereocenters. The third kappa shape index (κ3) is 32.0. The third-order valence-corrected chi connectivity index (χ3v) is 8.11. The van der Waals surface area contributed by atoms with Crippen LogP contribution in [0.15, 0.2) is 0 Å². The lowest BCUT2D eigenvalue weighted by molar-refractivity contribution is -0.161. The van der Waals surface area contributed by atoms with Crippen molar-refractivity contribution in [3.8, 4) is 0 Å². The van der Waals surface area contributed by atoms with Crippen molar-refractivity contribution in [1.29, 1.82) is 0 Å². The molecule has 9 heteroatoms. The third-order valence-electron chi connectivity index (χ3n) is 7.63. The molecular formula is C33H65O8P. The van der Waals surface area contributed by atoms with Crippen LogP contribution in [0.5, 0.6) is 0 Å². The van der Waals surface area contributed by atoms with E-state index in [4.69, 9.17) is 19.3 Å². The summed E-state index contributed by atoms with van der Waals surface area (Å²) in [7, 11) is -4.73. The number of rotatable bonds is 32. The summed E-state index contributed by atoms with van der Waals surface area (Å²) in [5, 5.41) is 0. The number of esters is 2. The summed E-state index contributed by atoms with van der Waals surface area (Å²) < 4.78 is 26.2. The molecule has 0 amide bonds. The van der Waals surface area contributed by atoms with E-state index in [9.17, 15) is 14.2 Å². The van der Waals surface area contributed by atoms with Gasteiger partial charge in [0.05, 0.1) is 6.61 Å². The number of unbranched alkanes of at least 4 members (excludes halogenated alkanes) is 22. The molecule has 0 rings (SSSR count). The van der Waals surface area contributed by atoms with E-state index >= 15 is 0 Å². The van der Waals surface area contributed by atoms with Gasteiger partial charge in [0.1, 0.15) is 6.61 Å². The fraction of sp³-hybridized carbons (Fsp3) is 0.939. The molecule has 0 spiro atoms. The number of ether oxygens (including phenoxy) is 2. The minimum absolute atomic E-state index is 0.219. The molecule has 0 heterocycles. The van der Waals surface area contributed by atoms with Crippen LogP contribution >= 0.6 is 7.82 Å². The predicted molar refractivity (Wildman–Crippen MR) is 170 cm³/mol. The van der Waals surface area contributed by atoms with Crippen LogP contribution < -0.4 is 0 Å². The average molecular weight is 621 g/mol. The molecule has 0 saturated heterocycles. The minimum Gasteiger partial charge on any atom is -0.462 e. The number of hydrogen-bond donors (Lipinski definition) is 2. The molecule has 0 aliphatic rings. The molecule has 0 fully saturated rings. The lowest BCUT2D eigenvalue weighted by Crippen LogP contribution is -2.29. The Kier molecular flexibility index (Phi) is 29.4. The molecule has 2 N–H and O–H groups in total. The fourth-order valence-electron chi connectivity index (χ4n) is 5.02. The molecule has 0 bridgehead atoms. The van der Waals surface area contributed by atoms with Gasteiger partial charge in [-0.25, -0.2) is 4.57 Å². The smallest absolute Gasteiger partial charge is 0.462 e. The largest absolute Gasteiger partial charge is 0.469 e. The summed E-state index contributed by atoms with van der Waals surface area (Å²) in [4.78, 5) is 42.5. The highest BCUT2D eigenvalue weighted by atomic mass is 31.2. The maximum absolute atomic E-state index is 12.3. The van der Waals surface area contributed by atoms with Crippen molar-refractivity contribution in [2.45, 2.75) is 187 Å². The molecule has 0 aliphatic heterocycles. The first kappa shape index (κ1) is 41.0. The second kappa shape index (κ2) is 30.1. The first-order valence-electron chi connectivity index (χ1n) is 17.3. The predicted octanol–water partition coefficient (Wildman–Crippen LogP) is 9.73. The molecule has 0 aliphatic carbocycles. The van der Waals surface area contributed by atoms with E-state index in [1.165, 1.54) is 116 Å². The van der Waals surface area contributed by atoms with Gasteiger partial charge in [0.15, 0.2) is 6.10 Å². The van der Waals surface area contributed by atoms with Gasteiger partial charge < -0.3 is 19.3 Å². The molecular weight excluding hydrogens is 555 g/mol. The Balaban J connectivity index is 3.96. The normalized spacial score (nSPS) is 12.4. The van der Waals surface area contributed by atoms with Crippen molar-refractivity contribution in [3.63, 3.8) is 0 Å². The SMILES string of the molecule is CCCCCCCCCCCCCCCCC(=O)O[C@H](COC(=O)CCCCCCCCCCCC)COP(=O)(O)O. The number of carbonyl (C=O) groups is 2. The number of hydrogen-bond acceptors (Lipinski definition) is 6. The van der Waals surface area contributed by atoms with Gasteiger partial charge in [-0.15, -0.1) is 0 Å². The molecule has 0 aromatic rings. The first-order valence-corrected chi connectivity index (χ1v) is 18.9. The van der Waals surface area contributed by atoms with Crippen LogP contribution in [-0.2, 0) is 28.2 Å². The van der Waals surface area contributed by atoms with Crippen molar-refractivity contribution in [2.75, 3.05) is 13.2 Å². The van der Waals surface area contributed by atoms with Gasteiger partial charge in [-0.1, -0.05) is 155 Å². The topological polar surface area (TPSA) is 119 Å². The van der Waals surface area contributed by atoms with Crippen LogP contribution in [-0.4, -0.2) is 41.0 Å². The summed E-state index contributed by atoms with van der Waals surface area (Å²) in [6, 6.07) is 0. The van der Waals surface area contributed by atoms with E-state index in [2.05, 4.69) is 18.4 Å². The highest BCUT2D eigenvalue weighted by Gasteiger charge is 2.22. The van der Waals surface area contributed by atoms with Gasteiger partial charge in [0.2, 0.25) is 0 Å². The Labute approximate surface area is 257 Å². The second-order valence-electron chi connectivity index (χ2n) is 11.9. The molecule has 42 heavy (non-hydrogen) atoms. The van der Waals surface area contributed by atoms with Crippen molar-refractivity contribution < 1.29 is 37.9 Å². The van der Waals surface area contributed by atoms with Gasteiger partial charge >= 0.3 is 19.8 Å². The number of phosphoric acid groups is 1. The van der Waals surface area contributed by atoms with E-state index in [0.29, 0.717) is 6.42 Å². The van der Waals surface area contributed by atoms with Gasteiger partial charge in [-0.2, -0.15) is 0 Å². The van der Waals surface area contributed by atoms with Crippen molar-refractivity contribution >= 4 is 19.8 Å². The molecule has 250 valence electrons. The van der Waals surface area contributed by atoms with Crippen LogP contribution in [0.25, 0.3) is 0 Å². The zero-order valence-electron chi connectivity index (χ0n) is 27.2. The zero-order valence-corrected chi connectivity index (χ0v) is 28.1. The van der Waals surface area contributed by atoms with Crippen molar-refractivity contribution in [2.24, 2.45) is 0 Å². The summed E-state index contributed by atoms with van der Waals surface area (Å²) in [5.41, 5.74) is 0. The van der Waals surface area contributed by atoms with Crippen LogP contribution in [0, 0.1) is 0 Å². The van der Waals surface area contributed by atoms with E-state index in [1.54, 1.807) is 0 Å². The van der Waals surface area contributed by atoms with Crippen LogP contribution in [0.3, 0.4) is 0 Å². The molecule has 0 aromatic heterocycles. The molecule has 8 nitrogen and oxygen atoms in total. The van der Waals surface area contributed by atoms with E-state index in [0.717, 1.165) is 32.1 Å². The highest BCUT2D eigenvalue weighted by Crippen LogP contribution is 2.36. The second-order valence-corrected chi connectivity index (χ2v) is 13.1. The Morgan fingerprint density at radius 3 is 1.21 bits per heavy atom. The Morgan fingerprint density at radius 1 is 0.524 bits per heavy atom. The van der Waals surface area contributed by atoms with Gasteiger partial charge in [-0.05, 0) is 12.8 Å². The summed E-state index contributed by atoms with van der Waals surface area (Å²) in [6.45, 7) is 3.66. The first-order chi connectivity index (χ1) is 20.3. The summed E-state index contributed by atoms with van der Waals surface area (Å²) >= 11 is 0. The summed E-state index contributed by atoms with van der Waals surface area (Å²) in [6.07, 6.45) is 28.3. The minimum atomic E-state index is -4.73. The molecule has 1 atom stereocenters. The maximum Gasteiger partial charge on any atom is 0.469 e. The molecule has 0 radical (unpaired) electrons. The monoisotopic (exact) mass is 620 g/mol. The fourth-order valence-corrected chi connectivity index (χ4v) is 5.38. The van der Waals surface area contributed by atoms with E-state index in [-0.39, 0.29) is 19.4 Å². The van der Waals surface area contributed by atoms with Crippen LogP contribution in [0.4, 0.5) is 0 Å². The quantitative estimate of drug-likeness (QED) is 0.0433. The average Bonchev–Trinajstić information content (AvgIpc) is 2.95. The van der Waals surface area contributed by atoms with Crippen molar-refractivity contribution in [3.05, 3.63) is 0 Å². The molecule has 0 saturated carbocycles. The van der Waals surface area contributed by atoms with E-state index in [1.807, 2.05) is 0 Å². The lowest BCUT2D eigenvalue weighted by Gasteiger charge is -2.18. The molecule has 0 aromatic carbocycles.